The van der Waals surface area contributed by atoms with Gasteiger partial charge >= 0.3 is 0 Å². The Hall–Kier alpha value is -0.920. The van der Waals surface area contributed by atoms with Crippen LogP contribution < -0.4 is 0 Å². The van der Waals surface area contributed by atoms with Crippen LogP contribution in [-0.2, 0) is 23.0 Å². The Morgan fingerprint density at radius 2 is 2.24 bits per heavy atom. The van der Waals surface area contributed by atoms with Crippen LogP contribution in [0, 0.1) is 6.92 Å². The lowest BCUT2D eigenvalue weighted by atomic mass is 10.2. The third-order valence-corrected chi connectivity index (χ3v) is 5.30. The van der Waals surface area contributed by atoms with E-state index in [1.807, 2.05) is 12.3 Å². The van der Waals surface area contributed by atoms with Gasteiger partial charge in [-0.25, -0.2) is 13.4 Å². The summed E-state index contributed by atoms with van der Waals surface area (Å²) >= 11 is 1.60. The predicted octanol–water partition coefficient (Wildman–Crippen LogP) is 1.02. The largest absolute Gasteiger partial charge is 0.290 e. The van der Waals surface area contributed by atoms with Gasteiger partial charge in [0.15, 0.2) is 4.96 Å². The molecule has 3 rings (SSSR count). The Morgan fingerprint density at radius 3 is 2.94 bits per heavy atom. The van der Waals surface area contributed by atoms with Gasteiger partial charge < -0.3 is 0 Å². The van der Waals surface area contributed by atoms with Gasteiger partial charge in [0.05, 0.1) is 24.2 Å². The van der Waals surface area contributed by atoms with Gasteiger partial charge in [0.25, 0.3) is 0 Å². The predicted molar refractivity (Wildman–Crippen MR) is 66.8 cm³/mol. The van der Waals surface area contributed by atoms with Crippen molar-refractivity contribution in [3.63, 3.8) is 0 Å². The summed E-state index contributed by atoms with van der Waals surface area (Å²) in [5.41, 5.74) is 3.18. The molecule has 7 heteroatoms. The standard InChI is InChI=1S/C10H13N3O2S2/c1-7-6-16-10-11-8-3-4-12(17(2,14)15)5-9(8)13(7)10/h6H,3-5H2,1-2H3. The number of fused-ring (bicyclic) bond motifs is 3. The number of thiazole rings is 1. The number of nitrogens with zero attached hydrogens (tertiary/aromatic N) is 3. The Labute approximate surface area is 104 Å². The fraction of sp³-hybridized carbons (Fsp3) is 0.500. The quantitative estimate of drug-likeness (QED) is 0.778. The molecule has 1 aliphatic heterocycles. The summed E-state index contributed by atoms with van der Waals surface area (Å²) in [5.74, 6) is 0. The molecule has 0 spiro atoms. The summed E-state index contributed by atoms with van der Waals surface area (Å²) in [4.78, 5) is 5.51. The van der Waals surface area contributed by atoms with Crippen LogP contribution >= 0.6 is 11.3 Å². The van der Waals surface area contributed by atoms with E-state index in [4.69, 9.17) is 0 Å². The molecule has 0 radical (unpaired) electrons. The van der Waals surface area contributed by atoms with Crippen molar-refractivity contribution in [3.8, 4) is 0 Å². The third-order valence-electron chi connectivity index (χ3n) is 3.11. The molecule has 5 nitrogen and oxygen atoms in total. The molecule has 0 fully saturated rings. The molecule has 0 unspecified atom stereocenters. The topological polar surface area (TPSA) is 54.7 Å². The first-order chi connectivity index (χ1) is 7.97. The summed E-state index contributed by atoms with van der Waals surface area (Å²) < 4.78 is 26.7. The summed E-state index contributed by atoms with van der Waals surface area (Å²) in [6, 6.07) is 0. The minimum absolute atomic E-state index is 0.437. The van der Waals surface area contributed by atoms with E-state index in [9.17, 15) is 8.42 Å². The molecule has 0 atom stereocenters. The molecule has 92 valence electrons. The second-order valence-corrected chi connectivity index (χ2v) is 7.17. The number of hydrogen-bond acceptors (Lipinski definition) is 4. The van der Waals surface area contributed by atoms with Gasteiger partial charge in [-0.2, -0.15) is 4.31 Å². The Morgan fingerprint density at radius 1 is 1.47 bits per heavy atom. The van der Waals surface area contributed by atoms with Crippen LogP contribution in [0.25, 0.3) is 4.96 Å². The number of rotatable bonds is 1. The summed E-state index contributed by atoms with van der Waals surface area (Å²) in [6.45, 7) is 2.99. The van der Waals surface area contributed by atoms with Crippen molar-refractivity contribution < 1.29 is 8.42 Å². The molecule has 0 amide bonds. The molecule has 0 bridgehead atoms. The molecule has 2 aromatic rings. The zero-order chi connectivity index (χ0) is 12.2. The highest BCUT2D eigenvalue weighted by Gasteiger charge is 2.27. The highest BCUT2D eigenvalue weighted by Crippen LogP contribution is 2.26. The van der Waals surface area contributed by atoms with E-state index in [0.29, 0.717) is 19.5 Å². The van der Waals surface area contributed by atoms with Crippen LogP contribution in [-0.4, -0.2) is 34.9 Å². The van der Waals surface area contributed by atoms with Gasteiger partial charge in [0.2, 0.25) is 10.0 Å². The Balaban J connectivity index is 2.14. The smallest absolute Gasteiger partial charge is 0.211 e. The van der Waals surface area contributed by atoms with E-state index in [-0.39, 0.29) is 0 Å². The first-order valence-electron chi connectivity index (χ1n) is 5.36. The van der Waals surface area contributed by atoms with Crippen LogP contribution in [0.1, 0.15) is 17.1 Å². The highest BCUT2D eigenvalue weighted by atomic mass is 32.2. The zero-order valence-electron chi connectivity index (χ0n) is 9.67. The SMILES string of the molecule is Cc1csc2nc3c(n12)CN(S(C)(=O)=O)CC3. The summed E-state index contributed by atoms with van der Waals surface area (Å²) in [5, 5.41) is 2.04. The molecule has 1 aliphatic rings. The van der Waals surface area contributed by atoms with Gasteiger partial charge in [-0.3, -0.25) is 4.40 Å². The molecular formula is C10H13N3O2S2. The first kappa shape index (κ1) is 11.2. The molecule has 0 N–H and O–H groups in total. The molecular weight excluding hydrogens is 258 g/mol. The van der Waals surface area contributed by atoms with E-state index in [2.05, 4.69) is 9.38 Å². The molecule has 3 heterocycles. The lowest BCUT2D eigenvalue weighted by Gasteiger charge is -2.24. The van der Waals surface area contributed by atoms with E-state index >= 15 is 0 Å². The lowest BCUT2D eigenvalue weighted by Crippen LogP contribution is -2.35. The van der Waals surface area contributed by atoms with E-state index in [1.165, 1.54) is 10.6 Å². The summed E-state index contributed by atoms with van der Waals surface area (Å²) in [6.07, 6.45) is 1.97. The molecule has 2 aromatic heterocycles. The number of aromatic nitrogens is 2. The number of sulfonamides is 1. The average Bonchev–Trinajstić information content (AvgIpc) is 2.76. The van der Waals surface area contributed by atoms with Gasteiger partial charge in [0.1, 0.15) is 0 Å². The second kappa shape index (κ2) is 3.54. The number of aryl methyl sites for hydroxylation is 1. The maximum atomic E-state index is 11.6. The van der Waals surface area contributed by atoms with Gasteiger partial charge in [-0.1, -0.05) is 0 Å². The van der Waals surface area contributed by atoms with Crippen molar-refractivity contribution in [3.05, 3.63) is 22.5 Å². The molecule has 0 saturated heterocycles. The summed E-state index contributed by atoms with van der Waals surface area (Å²) in [7, 11) is -3.12. The van der Waals surface area contributed by atoms with Gasteiger partial charge in [-0.05, 0) is 6.92 Å². The van der Waals surface area contributed by atoms with Crippen LogP contribution in [0.3, 0.4) is 0 Å². The van der Waals surface area contributed by atoms with Gasteiger partial charge in [0, 0.05) is 24.0 Å². The third kappa shape index (κ3) is 1.69. The minimum Gasteiger partial charge on any atom is -0.290 e. The second-order valence-electron chi connectivity index (χ2n) is 4.35. The lowest BCUT2D eigenvalue weighted by molar-refractivity contribution is 0.386. The minimum atomic E-state index is -3.12. The van der Waals surface area contributed by atoms with E-state index < -0.39 is 10.0 Å². The van der Waals surface area contributed by atoms with Crippen molar-refractivity contribution in [2.24, 2.45) is 0 Å². The fourth-order valence-electron chi connectivity index (χ4n) is 2.23. The molecule has 0 saturated carbocycles. The normalized spacial score (nSPS) is 17.5. The van der Waals surface area contributed by atoms with Crippen LogP contribution in [0.4, 0.5) is 0 Å². The van der Waals surface area contributed by atoms with Crippen molar-refractivity contribution >= 4 is 26.3 Å². The maximum Gasteiger partial charge on any atom is 0.211 e. The zero-order valence-corrected chi connectivity index (χ0v) is 11.3. The maximum absolute atomic E-state index is 11.6. The molecule has 17 heavy (non-hydrogen) atoms. The molecule has 0 aliphatic carbocycles. The van der Waals surface area contributed by atoms with Crippen LogP contribution in [0.15, 0.2) is 5.38 Å². The van der Waals surface area contributed by atoms with Crippen molar-refractivity contribution in [1.82, 2.24) is 13.7 Å². The average molecular weight is 271 g/mol. The van der Waals surface area contributed by atoms with E-state index in [0.717, 1.165) is 22.0 Å². The number of imidazole rings is 1. The van der Waals surface area contributed by atoms with Crippen LogP contribution in [0.2, 0.25) is 0 Å². The highest BCUT2D eigenvalue weighted by molar-refractivity contribution is 7.88. The van der Waals surface area contributed by atoms with Crippen LogP contribution in [0.5, 0.6) is 0 Å². The van der Waals surface area contributed by atoms with Crippen molar-refractivity contribution in [1.29, 1.82) is 0 Å². The Bertz CT molecular complexity index is 684. The van der Waals surface area contributed by atoms with Crippen molar-refractivity contribution in [2.75, 3.05) is 12.8 Å². The van der Waals surface area contributed by atoms with E-state index in [1.54, 1.807) is 11.3 Å². The first-order valence-corrected chi connectivity index (χ1v) is 8.09. The Kier molecular flexibility index (Phi) is 2.33. The fourth-order valence-corrected chi connectivity index (χ4v) is 3.91. The molecule has 0 aromatic carbocycles. The monoisotopic (exact) mass is 271 g/mol. The van der Waals surface area contributed by atoms with Gasteiger partial charge in [-0.15, -0.1) is 11.3 Å². The van der Waals surface area contributed by atoms with Crippen molar-refractivity contribution in [2.45, 2.75) is 19.9 Å². The number of hydrogen-bond donors (Lipinski definition) is 0.